The summed E-state index contributed by atoms with van der Waals surface area (Å²) in [5.41, 5.74) is -2.43. The fraction of sp³-hybridized carbons (Fsp3) is 0.474. The van der Waals surface area contributed by atoms with E-state index in [1.165, 1.54) is 31.6 Å². The Morgan fingerprint density at radius 1 is 1.33 bits per heavy atom. The van der Waals surface area contributed by atoms with Crippen molar-refractivity contribution in [1.82, 2.24) is 19.8 Å². The fourth-order valence-corrected chi connectivity index (χ4v) is 2.92. The van der Waals surface area contributed by atoms with Crippen LogP contribution < -0.4 is 5.32 Å². The molecule has 1 unspecified atom stereocenters. The minimum atomic E-state index is -4.91. The number of aromatic nitrogens is 2. The summed E-state index contributed by atoms with van der Waals surface area (Å²) in [7, 11) is 3.08. The van der Waals surface area contributed by atoms with E-state index in [4.69, 9.17) is 0 Å². The molecule has 0 aliphatic rings. The molecular formula is C19H26F4IN5O. The molecule has 6 nitrogen and oxygen atoms in total. The molecule has 1 heterocycles. The highest BCUT2D eigenvalue weighted by atomic mass is 127. The maximum atomic E-state index is 13.6. The van der Waals surface area contributed by atoms with Gasteiger partial charge in [-0.25, -0.2) is 9.37 Å². The number of rotatable bonds is 7. The summed E-state index contributed by atoms with van der Waals surface area (Å²) in [4.78, 5) is 9.55. The Balaban J connectivity index is 0.00000450. The van der Waals surface area contributed by atoms with Gasteiger partial charge in [0.25, 0.3) is 0 Å². The maximum absolute atomic E-state index is 13.6. The lowest BCUT2D eigenvalue weighted by Gasteiger charge is -2.29. The predicted molar refractivity (Wildman–Crippen MR) is 117 cm³/mol. The van der Waals surface area contributed by atoms with Crippen molar-refractivity contribution in [1.29, 1.82) is 0 Å². The lowest BCUT2D eigenvalue weighted by atomic mass is 9.98. The molecular weight excluding hydrogens is 517 g/mol. The molecule has 2 N–H and O–H groups in total. The summed E-state index contributed by atoms with van der Waals surface area (Å²) < 4.78 is 55.3. The van der Waals surface area contributed by atoms with Crippen molar-refractivity contribution in [2.75, 3.05) is 20.1 Å². The third kappa shape index (κ3) is 6.30. The van der Waals surface area contributed by atoms with Crippen LogP contribution in [0.1, 0.15) is 24.7 Å². The molecule has 1 aromatic carbocycles. The first-order valence-electron chi connectivity index (χ1n) is 9.09. The van der Waals surface area contributed by atoms with Crippen LogP contribution in [0.25, 0.3) is 0 Å². The topological polar surface area (TPSA) is 65.7 Å². The van der Waals surface area contributed by atoms with Gasteiger partial charge in [-0.05, 0) is 24.6 Å². The molecule has 0 fully saturated rings. The third-order valence-electron chi connectivity index (χ3n) is 4.40. The third-order valence-corrected chi connectivity index (χ3v) is 4.40. The second-order valence-electron chi connectivity index (χ2n) is 6.69. The number of hydrogen-bond donors (Lipinski definition) is 2. The Hall–Kier alpha value is -1.89. The van der Waals surface area contributed by atoms with Crippen LogP contribution in [0.15, 0.2) is 41.7 Å². The first kappa shape index (κ1) is 26.1. The van der Waals surface area contributed by atoms with E-state index in [1.807, 2.05) is 6.92 Å². The quantitative estimate of drug-likeness (QED) is 0.243. The molecule has 0 aliphatic carbocycles. The van der Waals surface area contributed by atoms with Crippen LogP contribution in [0.2, 0.25) is 0 Å². The number of hydrogen-bond acceptors (Lipinski definition) is 3. The molecule has 0 bridgehead atoms. The molecule has 0 spiro atoms. The van der Waals surface area contributed by atoms with Crippen LogP contribution in [0, 0.1) is 5.82 Å². The van der Waals surface area contributed by atoms with E-state index in [9.17, 15) is 22.7 Å². The van der Waals surface area contributed by atoms with E-state index < -0.39 is 24.0 Å². The van der Waals surface area contributed by atoms with Gasteiger partial charge in [0, 0.05) is 52.5 Å². The number of aliphatic imine (C=N–C) groups is 1. The van der Waals surface area contributed by atoms with Gasteiger partial charge in [0.2, 0.25) is 5.60 Å². The van der Waals surface area contributed by atoms with Crippen LogP contribution >= 0.6 is 24.0 Å². The lowest BCUT2D eigenvalue weighted by Crippen LogP contribution is -2.45. The van der Waals surface area contributed by atoms with Crippen molar-refractivity contribution < 1.29 is 22.7 Å². The van der Waals surface area contributed by atoms with Gasteiger partial charge in [-0.3, -0.25) is 4.99 Å². The Bertz CT molecular complexity index is 842. The maximum Gasteiger partial charge on any atom is 0.424 e. The van der Waals surface area contributed by atoms with Crippen LogP contribution in [0.5, 0.6) is 0 Å². The molecule has 30 heavy (non-hydrogen) atoms. The number of nitrogens with one attached hydrogen (secondary N) is 1. The largest absolute Gasteiger partial charge is 0.424 e. The molecule has 11 heteroatoms. The van der Waals surface area contributed by atoms with Crippen LogP contribution in [0.3, 0.4) is 0 Å². The van der Waals surface area contributed by atoms with Gasteiger partial charge < -0.3 is 19.9 Å². The molecule has 1 atom stereocenters. The number of guanidine groups is 1. The van der Waals surface area contributed by atoms with Crippen molar-refractivity contribution in [2.24, 2.45) is 12.0 Å². The minimum absolute atomic E-state index is 0. The summed E-state index contributed by atoms with van der Waals surface area (Å²) in [6, 6.07) is 6.04. The standard InChI is InChI=1S/C19H25F4N5O.HI/c1-4-24-17(28(3)13-14-6-5-7-15(20)12-14)26-9-8-18(29,19(21,22)23)16-25-10-11-27(16)2;/h5-7,10-12,29H,4,8-9,13H2,1-3H3,(H,24,26);1H. The number of halogens is 5. The fourth-order valence-electron chi connectivity index (χ4n) is 2.92. The second kappa shape index (κ2) is 10.9. The SMILES string of the molecule is CCNC(=NCCC(O)(c1nccn1C)C(F)(F)F)N(C)Cc1cccc(F)c1.I. The Kier molecular flexibility index (Phi) is 9.53. The van der Waals surface area contributed by atoms with Gasteiger partial charge >= 0.3 is 6.18 Å². The lowest BCUT2D eigenvalue weighted by molar-refractivity contribution is -0.272. The zero-order valence-electron chi connectivity index (χ0n) is 16.9. The molecule has 0 radical (unpaired) electrons. The van der Waals surface area contributed by atoms with Gasteiger partial charge in [-0.15, -0.1) is 24.0 Å². The van der Waals surface area contributed by atoms with Gasteiger partial charge in [-0.2, -0.15) is 13.2 Å². The van der Waals surface area contributed by atoms with E-state index in [-0.39, 0.29) is 36.3 Å². The highest BCUT2D eigenvalue weighted by Gasteiger charge is 2.57. The highest BCUT2D eigenvalue weighted by molar-refractivity contribution is 14.0. The van der Waals surface area contributed by atoms with E-state index >= 15 is 0 Å². The summed E-state index contributed by atoms with van der Waals surface area (Å²) >= 11 is 0. The van der Waals surface area contributed by atoms with Crippen LogP contribution in [0.4, 0.5) is 17.6 Å². The average Bonchev–Trinajstić information content (AvgIpc) is 3.06. The summed E-state index contributed by atoms with van der Waals surface area (Å²) in [5, 5.41) is 13.4. The molecule has 0 saturated heterocycles. The van der Waals surface area contributed by atoms with Crippen LogP contribution in [-0.4, -0.2) is 51.8 Å². The monoisotopic (exact) mass is 543 g/mol. The van der Waals surface area contributed by atoms with E-state index in [1.54, 1.807) is 24.1 Å². The molecule has 0 aliphatic heterocycles. The van der Waals surface area contributed by atoms with Gasteiger partial charge in [0.1, 0.15) is 11.6 Å². The number of imidazole rings is 1. The predicted octanol–water partition coefficient (Wildman–Crippen LogP) is 3.41. The molecule has 2 rings (SSSR count). The molecule has 1 aromatic heterocycles. The molecule has 2 aromatic rings. The normalized spacial score (nSPS) is 14.1. The highest BCUT2D eigenvalue weighted by Crippen LogP contribution is 2.40. The molecule has 0 amide bonds. The van der Waals surface area contributed by atoms with Crippen molar-refractivity contribution in [2.45, 2.75) is 31.7 Å². The van der Waals surface area contributed by atoms with Gasteiger partial charge in [0.15, 0.2) is 5.96 Å². The van der Waals surface area contributed by atoms with E-state index in [0.717, 1.165) is 4.57 Å². The zero-order chi connectivity index (χ0) is 21.7. The Morgan fingerprint density at radius 2 is 2.03 bits per heavy atom. The van der Waals surface area contributed by atoms with Crippen molar-refractivity contribution in [3.63, 3.8) is 0 Å². The number of nitrogens with zero attached hydrogens (tertiary/aromatic N) is 4. The minimum Gasteiger partial charge on any atom is -0.374 e. The second-order valence-corrected chi connectivity index (χ2v) is 6.69. The van der Waals surface area contributed by atoms with Gasteiger partial charge in [-0.1, -0.05) is 12.1 Å². The number of aliphatic hydroxyl groups is 1. The molecule has 0 saturated carbocycles. The summed E-state index contributed by atoms with van der Waals surface area (Å²) in [6.07, 6.45) is -3.06. The van der Waals surface area contributed by atoms with E-state index in [0.29, 0.717) is 24.6 Å². The Labute approximate surface area is 190 Å². The molecule has 168 valence electrons. The Morgan fingerprint density at radius 3 is 2.57 bits per heavy atom. The van der Waals surface area contributed by atoms with Crippen LogP contribution in [-0.2, 0) is 19.2 Å². The summed E-state index contributed by atoms with van der Waals surface area (Å²) in [5.74, 6) is -0.511. The van der Waals surface area contributed by atoms with E-state index in [2.05, 4.69) is 15.3 Å². The first-order chi connectivity index (χ1) is 13.6. The van der Waals surface area contributed by atoms with Crippen molar-refractivity contribution in [3.8, 4) is 0 Å². The van der Waals surface area contributed by atoms with Crippen molar-refractivity contribution in [3.05, 3.63) is 53.9 Å². The smallest absolute Gasteiger partial charge is 0.374 e. The summed E-state index contributed by atoms with van der Waals surface area (Å²) in [6.45, 7) is 2.34. The number of alkyl halides is 3. The van der Waals surface area contributed by atoms with Gasteiger partial charge in [0.05, 0.1) is 0 Å². The number of benzene rings is 1. The number of aryl methyl sites for hydroxylation is 1. The zero-order valence-corrected chi connectivity index (χ0v) is 19.3. The average molecular weight is 543 g/mol. The first-order valence-corrected chi connectivity index (χ1v) is 9.09. The van der Waals surface area contributed by atoms with Crippen molar-refractivity contribution >= 4 is 29.9 Å².